The molecule has 0 aromatic heterocycles. The highest BCUT2D eigenvalue weighted by atomic mass is 16.5. The maximum atomic E-state index is 6.52. The van der Waals surface area contributed by atoms with Gasteiger partial charge in [0, 0.05) is 18.0 Å². The zero-order valence-electron chi connectivity index (χ0n) is 12.1. The van der Waals surface area contributed by atoms with Crippen LogP contribution in [0, 0.1) is 5.92 Å². The van der Waals surface area contributed by atoms with E-state index < -0.39 is 0 Å². The van der Waals surface area contributed by atoms with Gasteiger partial charge in [-0.2, -0.15) is 0 Å². The Morgan fingerprint density at radius 1 is 1.32 bits per heavy atom. The number of hydrogen-bond acceptors (Lipinski definition) is 2. The average Bonchev–Trinajstić information content (AvgIpc) is 2.81. The largest absolute Gasteiger partial charge is 0.487 e. The molecule has 1 aromatic carbocycles. The zero-order chi connectivity index (χ0) is 13.3. The van der Waals surface area contributed by atoms with Gasteiger partial charge in [0.05, 0.1) is 0 Å². The van der Waals surface area contributed by atoms with Crippen LogP contribution in [0.25, 0.3) is 0 Å². The van der Waals surface area contributed by atoms with Crippen LogP contribution in [0.5, 0.6) is 5.75 Å². The van der Waals surface area contributed by atoms with Crippen LogP contribution in [0.3, 0.4) is 0 Å². The van der Waals surface area contributed by atoms with E-state index in [9.17, 15) is 0 Å². The molecule has 1 aliphatic carbocycles. The number of fused-ring (bicyclic) bond motifs is 1. The summed E-state index contributed by atoms with van der Waals surface area (Å²) in [5, 5.41) is 3.66. The van der Waals surface area contributed by atoms with Crippen LogP contribution in [0.1, 0.15) is 57.6 Å². The molecule has 3 rings (SSSR count). The summed E-state index contributed by atoms with van der Waals surface area (Å²) in [4.78, 5) is 0. The molecule has 2 heteroatoms. The summed E-state index contributed by atoms with van der Waals surface area (Å²) < 4.78 is 6.52. The highest BCUT2D eigenvalue weighted by molar-refractivity contribution is 5.39. The third-order valence-corrected chi connectivity index (χ3v) is 5.00. The maximum Gasteiger partial charge on any atom is 0.124 e. The second-order valence-electron chi connectivity index (χ2n) is 6.02. The zero-order valence-corrected chi connectivity index (χ0v) is 12.1. The van der Waals surface area contributed by atoms with Crippen molar-refractivity contribution in [1.82, 2.24) is 5.32 Å². The number of para-hydroxylation sites is 1. The Balaban J connectivity index is 1.96. The predicted octanol–water partition coefficient (Wildman–Crippen LogP) is 4.07. The first-order chi connectivity index (χ1) is 9.29. The molecule has 104 valence electrons. The molecule has 1 fully saturated rings. The van der Waals surface area contributed by atoms with E-state index in [-0.39, 0.29) is 5.60 Å². The molecule has 19 heavy (non-hydrogen) atoms. The molecule has 0 amide bonds. The lowest BCUT2D eigenvalue weighted by Crippen LogP contribution is -2.46. The first-order valence-corrected chi connectivity index (χ1v) is 7.80. The van der Waals surface area contributed by atoms with E-state index in [4.69, 9.17) is 4.74 Å². The van der Waals surface area contributed by atoms with E-state index in [0.29, 0.717) is 6.04 Å². The van der Waals surface area contributed by atoms with Crippen LogP contribution in [0.2, 0.25) is 0 Å². The van der Waals surface area contributed by atoms with Crippen LogP contribution in [-0.4, -0.2) is 12.1 Å². The minimum Gasteiger partial charge on any atom is -0.487 e. The lowest BCUT2D eigenvalue weighted by molar-refractivity contribution is -0.00535. The number of benzene rings is 1. The molecule has 2 nitrogen and oxygen atoms in total. The van der Waals surface area contributed by atoms with Gasteiger partial charge in [-0.15, -0.1) is 0 Å². The van der Waals surface area contributed by atoms with Crippen LogP contribution < -0.4 is 10.1 Å². The van der Waals surface area contributed by atoms with Gasteiger partial charge in [-0.25, -0.2) is 0 Å². The Bertz CT molecular complexity index is 445. The summed E-state index contributed by atoms with van der Waals surface area (Å²) in [7, 11) is 0. The quantitative estimate of drug-likeness (QED) is 0.883. The summed E-state index contributed by atoms with van der Waals surface area (Å²) in [6.45, 7) is 5.52. The van der Waals surface area contributed by atoms with Crippen molar-refractivity contribution in [3.05, 3.63) is 29.8 Å². The van der Waals surface area contributed by atoms with Gasteiger partial charge in [-0.1, -0.05) is 32.0 Å². The van der Waals surface area contributed by atoms with Crippen LogP contribution in [0.4, 0.5) is 0 Å². The lowest BCUT2D eigenvalue weighted by atomic mass is 9.79. The van der Waals surface area contributed by atoms with Gasteiger partial charge in [0.2, 0.25) is 0 Å². The van der Waals surface area contributed by atoms with Gasteiger partial charge in [0.25, 0.3) is 0 Å². The molecule has 1 heterocycles. The Hall–Kier alpha value is -1.02. The lowest BCUT2D eigenvalue weighted by Gasteiger charge is -2.43. The minimum absolute atomic E-state index is 0.0932. The van der Waals surface area contributed by atoms with E-state index >= 15 is 0 Å². The Labute approximate surface area is 116 Å². The predicted molar refractivity (Wildman–Crippen MR) is 78.5 cm³/mol. The first kappa shape index (κ1) is 13.0. The molecule has 1 aliphatic heterocycles. The highest BCUT2D eigenvalue weighted by Crippen LogP contribution is 2.50. The molecular formula is C17H25NO. The summed E-state index contributed by atoms with van der Waals surface area (Å²) in [6, 6.07) is 9.03. The van der Waals surface area contributed by atoms with Crippen molar-refractivity contribution < 1.29 is 4.74 Å². The first-order valence-electron chi connectivity index (χ1n) is 7.80. The smallest absolute Gasteiger partial charge is 0.124 e. The van der Waals surface area contributed by atoms with Crippen molar-refractivity contribution in [3.63, 3.8) is 0 Å². The third kappa shape index (κ3) is 2.16. The molecule has 1 spiro atoms. The van der Waals surface area contributed by atoms with E-state index in [1.807, 2.05) is 0 Å². The molecule has 0 radical (unpaired) electrons. The topological polar surface area (TPSA) is 21.3 Å². The third-order valence-electron chi connectivity index (χ3n) is 5.00. The molecule has 2 aliphatic rings. The normalized spacial score (nSPS) is 33.2. The average molecular weight is 259 g/mol. The van der Waals surface area contributed by atoms with Gasteiger partial charge in [0.15, 0.2) is 0 Å². The SMILES string of the molecule is CCNC1CC2(CCCC2CC)Oc2ccccc21. The molecule has 3 atom stereocenters. The summed E-state index contributed by atoms with van der Waals surface area (Å²) in [5.74, 6) is 1.84. The molecule has 1 saturated carbocycles. The molecule has 1 aromatic rings. The van der Waals surface area contributed by atoms with E-state index in [1.54, 1.807) is 0 Å². The highest BCUT2D eigenvalue weighted by Gasteiger charge is 2.48. The number of hydrogen-bond donors (Lipinski definition) is 1. The Morgan fingerprint density at radius 3 is 2.95 bits per heavy atom. The van der Waals surface area contributed by atoms with Crippen molar-refractivity contribution >= 4 is 0 Å². The van der Waals surface area contributed by atoms with Crippen molar-refractivity contribution in [1.29, 1.82) is 0 Å². The number of rotatable bonds is 3. The summed E-state index contributed by atoms with van der Waals surface area (Å²) in [5.41, 5.74) is 1.44. The van der Waals surface area contributed by atoms with Crippen LogP contribution in [-0.2, 0) is 0 Å². The van der Waals surface area contributed by atoms with Crippen molar-refractivity contribution in [2.45, 2.75) is 57.6 Å². The van der Waals surface area contributed by atoms with Gasteiger partial charge in [0.1, 0.15) is 11.4 Å². The van der Waals surface area contributed by atoms with Gasteiger partial charge >= 0.3 is 0 Å². The Kier molecular flexibility index (Phi) is 3.53. The van der Waals surface area contributed by atoms with Gasteiger partial charge in [-0.3, -0.25) is 0 Å². The number of ether oxygens (including phenoxy) is 1. The standard InChI is InChI=1S/C17H25NO/c1-3-13-8-7-11-17(13)12-15(18-4-2)14-9-5-6-10-16(14)19-17/h5-6,9-10,13,15,18H,3-4,7-8,11-12H2,1-2H3. The van der Waals surface area contributed by atoms with Crippen LogP contribution in [0.15, 0.2) is 24.3 Å². The van der Waals surface area contributed by atoms with E-state index in [1.165, 1.54) is 31.2 Å². The van der Waals surface area contributed by atoms with Gasteiger partial charge < -0.3 is 10.1 Å². The fourth-order valence-electron chi connectivity index (χ4n) is 4.10. The summed E-state index contributed by atoms with van der Waals surface area (Å²) >= 11 is 0. The second kappa shape index (κ2) is 5.16. The monoisotopic (exact) mass is 259 g/mol. The second-order valence-corrected chi connectivity index (χ2v) is 6.02. The molecule has 0 bridgehead atoms. The molecule has 3 unspecified atom stereocenters. The van der Waals surface area contributed by atoms with E-state index in [2.05, 4.69) is 43.4 Å². The molecule has 0 saturated heterocycles. The van der Waals surface area contributed by atoms with Crippen molar-refractivity contribution in [3.8, 4) is 5.75 Å². The summed E-state index contributed by atoms with van der Waals surface area (Å²) in [6.07, 6.45) is 6.25. The van der Waals surface area contributed by atoms with E-state index in [0.717, 1.165) is 24.6 Å². The maximum absolute atomic E-state index is 6.52. The number of nitrogens with one attached hydrogen (secondary N) is 1. The van der Waals surface area contributed by atoms with Crippen molar-refractivity contribution in [2.75, 3.05) is 6.54 Å². The van der Waals surface area contributed by atoms with Crippen LogP contribution >= 0.6 is 0 Å². The minimum atomic E-state index is 0.0932. The van der Waals surface area contributed by atoms with Gasteiger partial charge in [-0.05, 0) is 44.2 Å². The fourth-order valence-corrected chi connectivity index (χ4v) is 4.10. The Morgan fingerprint density at radius 2 is 2.16 bits per heavy atom. The molecule has 1 N–H and O–H groups in total. The molecular weight excluding hydrogens is 234 g/mol. The van der Waals surface area contributed by atoms with Crippen molar-refractivity contribution in [2.24, 2.45) is 5.92 Å². The fraction of sp³-hybridized carbons (Fsp3) is 0.647.